The summed E-state index contributed by atoms with van der Waals surface area (Å²) in [7, 11) is 0. The summed E-state index contributed by atoms with van der Waals surface area (Å²) in [6, 6.07) is 25.4. The van der Waals surface area contributed by atoms with Gasteiger partial charge in [-0.25, -0.2) is 8.78 Å². The van der Waals surface area contributed by atoms with Crippen LogP contribution < -0.4 is 0 Å². The van der Waals surface area contributed by atoms with Crippen LogP contribution in [0.5, 0.6) is 0 Å². The monoisotopic (exact) mass is 492 g/mol. The SMILES string of the molecule is CC12Sc3cc(C#Cc4ccc(F)cc4)ccc3C1Sc1cc(C#Cc3ccc(F)cc3)ccc12. The van der Waals surface area contributed by atoms with Gasteiger partial charge in [0.15, 0.2) is 0 Å². The fraction of sp³-hybridized carbons (Fsp3) is 0.0968. The molecule has 0 amide bonds. The third kappa shape index (κ3) is 4.14. The zero-order chi connectivity index (χ0) is 24.0. The lowest BCUT2D eigenvalue weighted by Gasteiger charge is -2.23. The summed E-state index contributed by atoms with van der Waals surface area (Å²) in [5, 5.41) is 0.330. The average Bonchev–Trinajstić information content (AvgIpc) is 3.30. The van der Waals surface area contributed by atoms with Gasteiger partial charge in [0.2, 0.25) is 0 Å². The van der Waals surface area contributed by atoms with Crippen molar-refractivity contribution in [3.05, 3.63) is 130 Å². The van der Waals surface area contributed by atoms with Gasteiger partial charge in [-0.05, 0) is 90.8 Å². The molecule has 168 valence electrons. The molecule has 4 aromatic rings. The van der Waals surface area contributed by atoms with Crippen LogP contribution in [0.25, 0.3) is 0 Å². The zero-order valence-electron chi connectivity index (χ0n) is 18.7. The fourth-order valence-electron chi connectivity index (χ4n) is 4.46. The molecule has 6 rings (SSSR count). The van der Waals surface area contributed by atoms with Gasteiger partial charge in [-0.15, -0.1) is 23.5 Å². The lowest BCUT2D eigenvalue weighted by atomic mass is 9.92. The van der Waals surface area contributed by atoms with Crippen molar-refractivity contribution in [1.82, 2.24) is 0 Å². The van der Waals surface area contributed by atoms with Gasteiger partial charge in [-0.1, -0.05) is 35.8 Å². The Balaban J connectivity index is 1.25. The molecule has 35 heavy (non-hydrogen) atoms. The minimum Gasteiger partial charge on any atom is -0.207 e. The highest BCUT2D eigenvalue weighted by atomic mass is 32.2. The maximum Gasteiger partial charge on any atom is 0.123 e. The highest BCUT2D eigenvalue weighted by molar-refractivity contribution is 8.05. The van der Waals surface area contributed by atoms with Crippen molar-refractivity contribution < 1.29 is 8.78 Å². The third-order valence-electron chi connectivity index (χ3n) is 6.27. The Morgan fingerprint density at radius 1 is 0.629 bits per heavy atom. The smallest absolute Gasteiger partial charge is 0.123 e. The van der Waals surface area contributed by atoms with Gasteiger partial charge in [-0.3, -0.25) is 0 Å². The van der Waals surface area contributed by atoms with Crippen molar-refractivity contribution in [2.75, 3.05) is 0 Å². The summed E-state index contributed by atoms with van der Waals surface area (Å²) in [4.78, 5) is 2.53. The Morgan fingerprint density at radius 3 is 1.71 bits per heavy atom. The average molecular weight is 493 g/mol. The van der Waals surface area contributed by atoms with E-state index in [1.54, 1.807) is 24.3 Å². The Morgan fingerprint density at radius 2 is 1.11 bits per heavy atom. The van der Waals surface area contributed by atoms with Crippen LogP contribution in [-0.4, -0.2) is 0 Å². The molecule has 0 saturated carbocycles. The molecule has 2 unspecified atom stereocenters. The Bertz CT molecular complexity index is 1580. The lowest BCUT2D eigenvalue weighted by Crippen LogP contribution is -2.15. The number of benzene rings is 4. The van der Waals surface area contributed by atoms with E-state index < -0.39 is 0 Å². The first-order valence-corrected chi connectivity index (χ1v) is 12.9. The maximum atomic E-state index is 13.1. The van der Waals surface area contributed by atoms with Crippen molar-refractivity contribution in [3.63, 3.8) is 0 Å². The molecular formula is C31H18F2S2. The molecule has 0 nitrogen and oxygen atoms in total. The van der Waals surface area contributed by atoms with E-state index in [1.807, 2.05) is 23.5 Å². The molecular weight excluding hydrogens is 474 g/mol. The molecule has 0 saturated heterocycles. The van der Waals surface area contributed by atoms with Gasteiger partial charge in [0.25, 0.3) is 0 Å². The van der Waals surface area contributed by atoms with Crippen molar-refractivity contribution in [3.8, 4) is 23.7 Å². The van der Waals surface area contributed by atoms with Crippen molar-refractivity contribution >= 4 is 23.5 Å². The van der Waals surface area contributed by atoms with Crippen LogP contribution in [0.4, 0.5) is 8.78 Å². The summed E-state index contributed by atoms with van der Waals surface area (Å²) in [6.45, 7) is 2.31. The van der Waals surface area contributed by atoms with E-state index in [0.29, 0.717) is 5.25 Å². The third-order valence-corrected chi connectivity index (χ3v) is 9.43. The second-order valence-electron chi connectivity index (χ2n) is 8.68. The second kappa shape index (κ2) is 8.65. The van der Waals surface area contributed by atoms with Crippen molar-refractivity contribution in [2.24, 2.45) is 0 Å². The fourth-order valence-corrected chi connectivity index (χ4v) is 7.89. The first-order valence-electron chi connectivity index (χ1n) is 11.2. The van der Waals surface area contributed by atoms with E-state index in [9.17, 15) is 8.78 Å². The molecule has 4 heteroatoms. The highest BCUT2D eigenvalue weighted by Gasteiger charge is 2.50. The maximum absolute atomic E-state index is 13.1. The van der Waals surface area contributed by atoms with Crippen LogP contribution in [0, 0.1) is 35.3 Å². The van der Waals surface area contributed by atoms with E-state index in [0.717, 1.165) is 22.3 Å². The van der Waals surface area contributed by atoms with E-state index in [1.165, 1.54) is 45.2 Å². The summed E-state index contributed by atoms with van der Waals surface area (Å²) in [5.74, 6) is 12.2. The van der Waals surface area contributed by atoms with Gasteiger partial charge in [0, 0.05) is 32.0 Å². The van der Waals surface area contributed by atoms with Gasteiger partial charge in [0.05, 0.1) is 10.00 Å². The Hall–Kier alpha value is -3.44. The topological polar surface area (TPSA) is 0 Å². The predicted molar refractivity (Wildman–Crippen MR) is 139 cm³/mol. The van der Waals surface area contributed by atoms with E-state index in [2.05, 4.69) is 67.0 Å². The van der Waals surface area contributed by atoms with E-state index in [-0.39, 0.29) is 16.4 Å². The number of rotatable bonds is 0. The van der Waals surface area contributed by atoms with Gasteiger partial charge in [-0.2, -0.15) is 0 Å². The van der Waals surface area contributed by atoms with Crippen LogP contribution in [0.3, 0.4) is 0 Å². The lowest BCUT2D eigenvalue weighted by molar-refractivity contribution is 0.627. The molecule has 2 atom stereocenters. The Labute approximate surface area is 212 Å². The first kappa shape index (κ1) is 22.1. The van der Waals surface area contributed by atoms with Crippen LogP contribution in [0.2, 0.25) is 0 Å². The normalized spacial score (nSPS) is 19.0. The molecule has 2 heterocycles. The largest absolute Gasteiger partial charge is 0.207 e. The second-order valence-corrected chi connectivity index (χ2v) is 11.3. The molecule has 2 aliphatic heterocycles. The van der Waals surface area contributed by atoms with Gasteiger partial charge in [0.1, 0.15) is 11.6 Å². The van der Waals surface area contributed by atoms with Gasteiger partial charge >= 0.3 is 0 Å². The standard InChI is InChI=1S/C31H18F2S2/c1-31-27-17-11-23(5-3-21-8-14-25(33)15-9-21)19-29(27)34-30(31)26-16-10-22(18-28(26)35-31)4-2-20-6-12-24(32)13-7-20/h6-19,30H,1H3. The number of hydrogen-bond acceptors (Lipinski definition) is 2. The summed E-state index contributed by atoms with van der Waals surface area (Å²) in [5.41, 5.74) is 6.18. The number of thioether (sulfide) groups is 2. The summed E-state index contributed by atoms with van der Waals surface area (Å²) in [6.07, 6.45) is 0. The number of fused-ring (bicyclic) bond motifs is 5. The molecule has 0 aromatic heterocycles. The van der Waals surface area contributed by atoms with Crippen LogP contribution in [0.15, 0.2) is 94.7 Å². The first-order chi connectivity index (χ1) is 17.0. The molecule has 4 aromatic carbocycles. The molecule has 0 fully saturated rings. The quantitative estimate of drug-likeness (QED) is 0.229. The predicted octanol–water partition coefficient (Wildman–Crippen LogP) is 7.93. The number of halogens is 2. The minimum atomic E-state index is -0.255. The van der Waals surface area contributed by atoms with E-state index >= 15 is 0 Å². The van der Waals surface area contributed by atoms with Crippen LogP contribution in [0.1, 0.15) is 45.6 Å². The van der Waals surface area contributed by atoms with Crippen molar-refractivity contribution in [2.45, 2.75) is 26.7 Å². The summed E-state index contributed by atoms with van der Waals surface area (Å²) < 4.78 is 26.2. The minimum absolute atomic E-state index is 0.0474. The highest BCUT2D eigenvalue weighted by Crippen LogP contribution is 2.69. The summed E-state index contributed by atoms with van der Waals surface area (Å²) >= 11 is 3.79. The molecule has 0 aliphatic carbocycles. The van der Waals surface area contributed by atoms with Crippen LogP contribution >= 0.6 is 23.5 Å². The Kier molecular flexibility index (Phi) is 5.45. The molecule has 2 aliphatic rings. The molecule has 0 spiro atoms. The molecule has 0 N–H and O–H groups in total. The molecule has 0 bridgehead atoms. The zero-order valence-corrected chi connectivity index (χ0v) is 20.4. The number of hydrogen-bond donors (Lipinski definition) is 0. The van der Waals surface area contributed by atoms with Crippen molar-refractivity contribution in [1.29, 1.82) is 0 Å². The van der Waals surface area contributed by atoms with Crippen LogP contribution in [-0.2, 0) is 4.75 Å². The van der Waals surface area contributed by atoms with E-state index in [4.69, 9.17) is 0 Å². The van der Waals surface area contributed by atoms with Gasteiger partial charge < -0.3 is 0 Å². The molecule has 0 radical (unpaired) electrons.